The molecule has 8 heteroatoms. The topological polar surface area (TPSA) is 93.4 Å². The Kier molecular flexibility index (Phi) is 6.74. The van der Waals surface area contributed by atoms with E-state index in [-0.39, 0.29) is 17.9 Å². The predicted octanol–water partition coefficient (Wildman–Crippen LogP) is 5.71. The van der Waals surface area contributed by atoms with E-state index >= 15 is 0 Å². The molecular weight excluding hydrogens is 464 g/mol. The molecule has 1 aliphatic heterocycles. The van der Waals surface area contributed by atoms with Gasteiger partial charge in [0.2, 0.25) is 5.91 Å². The summed E-state index contributed by atoms with van der Waals surface area (Å²) < 4.78 is 0. The van der Waals surface area contributed by atoms with Crippen LogP contribution in [0.25, 0.3) is 16.8 Å². The van der Waals surface area contributed by atoms with Crippen molar-refractivity contribution in [2.24, 2.45) is 11.8 Å². The highest BCUT2D eigenvalue weighted by atomic mass is 16.2. The number of aromatic nitrogens is 2. The molecule has 1 fully saturated rings. The van der Waals surface area contributed by atoms with Gasteiger partial charge >= 0.3 is 6.03 Å². The first-order valence-electron chi connectivity index (χ1n) is 13.0. The largest absolute Gasteiger partial charge is 0.355 e. The van der Waals surface area contributed by atoms with Gasteiger partial charge in [0.15, 0.2) is 0 Å². The fraction of sp³-hybridized carbons (Fsp3) is 0.345. The summed E-state index contributed by atoms with van der Waals surface area (Å²) in [5.74, 6) is 1.03. The molecular formula is C29H34N6O2. The average molecular weight is 499 g/mol. The summed E-state index contributed by atoms with van der Waals surface area (Å²) in [5, 5.41) is 6.55. The van der Waals surface area contributed by atoms with Crippen LogP contribution in [-0.2, 0) is 11.3 Å². The molecule has 3 heterocycles. The van der Waals surface area contributed by atoms with E-state index < -0.39 is 0 Å². The van der Waals surface area contributed by atoms with Gasteiger partial charge < -0.3 is 25.4 Å². The maximum absolute atomic E-state index is 13.1. The molecule has 1 aliphatic carbocycles. The van der Waals surface area contributed by atoms with Gasteiger partial charge in [0.05, 0.1) is 17.9 Å². The summed E-state index contributed by atoms with van der Waals surface area (Å²) in [7, 11) is 0. The van der Waals surface area contributed by atoms with E-state index in [1.54, 1.807) is 6.20 Å². The van der Waals surface area contributed by atoms with Crippen LogP contribution < -0.4 is 10.6 Å². The number of rotatable bonds is 7. The number of H-pyrrole nitrogens is 1. The van der Waals surface area contributed by atoms with Gasteiger partial charge in [-0.1, -0.05) is 31.7 Å². The third kappa shape index (κ3) is 4.96. The molecule has 3 aromatic rings. The van der Waals surface area contributed by atoms with Crippen molar-refractivity contribution < 1.29 is 9.59 Å². The molecule has 2 atom stereocenters. The number of urea groups is 1. The Morgan fingerprint density at radius 3 is 2.57 bits per heavy atom. The monoisotopic (exact) mass is 498 g/mol. The number of carbonyl (C=O) groups is 2. The van der Waals surface area contributed by atoms with Gasteiger partial charge in [-0.3, -0.25) is 4.79 Å². The quantitative estimate of drug-likeness (QED) is 0.389. The molecule has 3 amide bonds. The van der Waals surface area contributed by atoms with Crippen molar-refractivity contribution in [2.45, 2.75) is 33.7 Å². The fourth-order valence-electron chi connectivity index (χ4n) is 5.01. The average Bonchev–Trinajstić information content (AvgIpc) is 3.53. The first-order valence-corrected chi connectivity index (χ1v) is 13.0. The molecule has 1 aromatic carbocycles. The molecule has 0 radical (unpaired) electrons. The number of anilines is 3. The molecule has 0 spiro atoms. The number of amides is 3. The standard InChI is InChI=1S/C29H34N6O2/c1-5-34(6-2)29(37)35-16-19(4)25-23(17-35)32-26(27(25)31-21-10-8-7-9-11-21)20-12-13-30-24(15-20)33-28(36)22-14-18(22)3/h7-13,15,18,22,31-32H,4-6,14,16-17H2,1-3H3,(H,30,33,36)/t18-,22+/m0/s1. The Bertz CT molecular complexity index is 1330. The maximum atomic E-state index is 13.1. The molecule has 192 valence electrons. The fourth-order valence-corrected chi connectivity index (χ4v) is 5.01. The van der Waals surface area contributed by atoms with Crippen LogP contribution in [0.15, 0.2) is 55.2 Å². The van der Waals surface area contributed by atoms with Crippen LogP contribution in [0.5, 0.6) is 0 Å². The summed E-state index contributed by atoms with van der Waals surface area (Å²) in [4.78, 5) is 37.3. The highest BCUT2D eigenvalue weighted by Crippen LogP contribution is 2.42. The van der Waals surface area contributed by atoms with Gasteiger partial charge in [-0.25, -0.2) is 9.78 Å². The van der Waals surface area contributed by atoms with Crippen LogP contribution in [0, 0.1) is 11.8 Å². The van der Waals surface area contributed by atoms with Crippen molar-refractivity contribution in [3.05, 3.63) is 66.5 Å². The van der Waals surface area contributed by atoms with Crippen molar-refractivity contribution in [1.82, 2.24) is 19.8 Å². The number of carbonyl (C=O) groups excluding carboxylic acids is 2. The summed E-state index contributed by atoms with van der Waals surface area (Å²) in [6, 6.07) is 13.8. The van der Waals surface area contributed by atoms with Crippen LogP contribution in [0.2, 0.25) is 0 Å². The number of para-hydroxylation sites is 1. The maximum Gasteiger partial charge on any atom is 0.320 e. The number of nitrogens with one attached hydrogen (secondary N) is 3. The summed E-state index contributed by atoms with van der Waals surface area (Å²) in [6.45, 7) is 12.7. The zero-order valence-corrected chi connectivity index (χ0v) is 21.7. The molecule has 0 unspecified atom stereocenters. The summed E-state index contributed by atoms with van der Waals surface area (Å²) >= 11 is 0. The van der Waals surface area contributed by atoms with E-state index in [4.69, 9.17) is 0 Å². The zero-order chi connectivity index (χ0) is 26.1. The molecule has 3 N–H and O–H groups in total. The number of aromatic amines is 1. The Morgan fingerprint density at radius 1 is 1.16 bits per heavy atom. The van der Waals surface area contributed by atoms with Crippen LogP contribution in [-0.4, -0.2) is 51.3 Å². The van der Waals surface area contributed by atoms with Gasteiger partial charge in [-0.15, -0.1) is 0 Å². The van der Waals surface area contributed by atoms with Gasteiger partial charge in [0, 0.05) is 54.3 Å². The van der Waals surface area contributed by atoms with Gasteiger partial charge in [-0.2, -0.15) is 0 Å². The normalized spacial score (nSPS) is 18.2. The molecule has 0 bridgehead atoms. The lowest BCUT2D eigenvalue weighted by atomic mass is 9.99. The molecule has 2 aliphatic rings. The molecule has 8 nitrogen and oxygen atoms in total. The van der Waals surface area contributed by atoms with E-state index in [1.165, 1.54) is 0 Å². The summed E-state index contributed by atoms with van der Waals surface area (Å²) in [5.41, 5.74) is 6.40. The van der Waals surface area contributed by atoms with Gasteiger partial charge in [-0.05, 0) is 56.0 Å². The molecule has 5 rings (SSSR count). The van der Waals surface area contributed by atoms with Crippen LogP contribution in [0.4, 0.5) is 22.0 Å². The number of pyridine rings is 1. The summed E-state index contributed by atoms with van der Waals surface area (Å²) in [6.07, 6.45) is 2.63. The second-order valence-electron chi connectivity index (χ2n) is 9.87. The van der Waals surface area contributed by atoms with E-state index in [2.05, 4.69) is 34.1 Å². The zero-order valence-electron chi connectivity index (χ0n) is 21.7. The Hall–Kier alpha value is -4.07. The van der Waals surface area contributed by atoms with Crippen LogP contribution in [0.1, 0.15) is 38.4 Å². The number of benzene rings is 1. The van der Waals surface area contributed by atoms with Gasteiger partial charge in [0.1, 0.15) is 5.82 Å². The van der Waals surface area contributed by atoms with Crippen molar-refractivity contribution in [2.75, 3.05) is 30.3 Å². The Balaban J connectivity index is 1.52. The van der Waals surface area contributed by atoms with Crippen molar-refractivity contribution >= 4 is 34.7 Å². The predicted molar refractivity (Wildman–Crippen MR) is 147 cm³/mol. The third-order valence-corrected chi connectivity index (χ3v) is 7.26. The smallest absolute Gasteiger partial charge is 0.320 e. The van der Waals surface area contributed by atoms with Crippen LogP contribution in [0.3, 0.4) is 0 Å². The number of fused-ring (bicyclic) bond motifs is 1. The van der Waals surface area contributed by atoms with E-state index in [9.17, 15) is 9.59 Å². The molecule has 2 aromatic heterocycles. The number of hydrogen-bond donors (Lipinski definition) is 3. The molecule has 0 saturated heterocycles. The third-order valence-electron chi connectivity index (χ3n) is 7.26. The lowest BCUT2D eigenvalue weighted by Crippen LogP contribution is -2.44. The Labute approximate surface area is 217 Å². The van der Waals surface area contributed by atoms with E-state index in [0.717, 1.165) is 45.9 Å². The number of hydrogen-bond acceptors (Lipinski definition) is 4. The molecule has 1 saturated carbocycles. The first kappa shape index (κ1) is 24.6. The van der Waals surface area contributed by atoms with Crippen molar-refractivity contribution in [3.63, 3.8) is 0 Å². The number of nitrogens with zero attached hydrogens (tertiary/aromatic N) is 3. The minimum atomic E-state index is 0.00809. The SMILES string of the molecule is C=C1CN(C(=O)N(CC)CC)Cc2[nH]c(-c3ccnc(NC(=O)[C@@H]4C[C@@H]4C)c3)c(Nc3ccccc3)c21. The van der Waals surface area contributed by atoms with E-state index in [1.807, 2.05) is 66.1 Å². The second kappa shape index (κ2) is 10.1. The minimum absolute atomic E-state index is 0.00809. The first-order chi connectivity index (χ1) is 17.9. The van der Waals surface area contributed by atoms with Gasteiger partial charge in [0.25, 0.3) is 0 Å². The lowest BCUT2D eigenvalue weighted by Gasteiger charge is -2.33. The lowest BCUT2D eigenvalue weighted by molar-refractivity contribution is -0.117. The Morgan fingerprint density at radius 2 is 1.89 bits per heavy atom. The van der Waals surface area contributed by atoms with Crippen molar-refractivity contribution in [1.29, 1.82) is 0 Å². The highest BCUT2D eigenvalue weighted by molar-refractivity contribution is 5.96. The highest BCUT2D eigenvalue weighted by Gasteiger charge is 2.39. The van der Waals surface area contributed by atoms with E-state index in [0.29, 0.717) is 37.9 Å². The van der Waals surface area contributed by atoms with Crippen molar-refractivity contribution in [3.8, 4) is 11.3 Å². The van der Waals surface area contributed by atoms with Crippen LogP contribution >= 0.6 is 0 Å². The minimum Gasteiger partial charge on any atom is -0.355 e. The second-order valence-corrected chi connectivity index (χ2v) is 9.87. The molecule has 37 heavy (non-hydrogen) atoms.